The smallest absolute Gasteiger partial charge is 0.245 e. The van der Waals surface area contributed by atoms with Crippen molar-refractivity contribution in [2.24, 2.45) is 5.73 Å². The molecule has 0 fully saturated rings. The van der Waals surface area contributed by atoms with Crippen LogP contribution in [0.5, 0.6) is 0 Å². The van der Waals surface area contributed by atoms with Crippen LogP contribution in [0.4, 0.5) is 5.69 Å². The third-order valence-corrected chi connectivity index (χ3v) is 3.39. The van der Waals surface area contributed by atoms with E-state index >= 15 is 0 Å². The molecule has 4 nitrogen and oxygen atoms in total. The highest BCUT2D eigenvalue weighted by Crippen LogP contribution is 2.16. The fraction of sp³-hybridized carbons (Fsp3) is 0.278. The molecular weight excluding hydrogens is 312 g/mol. The first-order valence-corrected chi connectivity index (χ1v) is 7.40. The maximum absolute atomic E-state index is 12.3. The average molecular weight is 335 g/mol. The molecule has 0 heterocycles. The summed E-state index contributed by atoms with van der Waals surface area (Å²) in [5.41, 5.74) is 9.70. The number of halogens is 1. The van der Waals surface area contributed by atoms with Gasteiger partial charge in [-0.25, -0.2) is 0 Å². The number of ether oxygens (including phenoxy) is 1. The molecule has 0 saturated carbocycles. The number of aryl methyl sites for hydroxylation is 1. The van der Waals surface area contributed by atoms with Crippen molar-refractivity contribution in [2.45, 2.75) is 26.5 Å². The van der Waals surface area contributed by atoms with Crippen molar-refractivity contribution in [3.05, 3.63) is 65.2 Å². The van der Waals surface area contributed by atoms with Gasteiger partial charge in [0, 0.05) is 12.3 Å². The Labute approximate surface area is 143 Å². The standard InChI is InChI=1S/C18H22N2O2.ClH/c1-3-22-12-14-5-4-6-16(11-14)20-18(21)17(19)15-9-7-13(2)8-10-15;/h4-11,17H,3,12,19H2,1-2H3,(H,20,21);1H. The number of rotatable bonds is 6. The molecule has 2 aromatic rings. The lowest BCUT2D eigenvalue weighted by atomic mass is 10.1. The molecule has 0 aliphatic rings. The third kappa shape index (κ3) is 5.67. The first-order valence-electron chi connectivity index (χ1n) is 7.40. The van der Waals surface area contributed by atoms with Crippen molar-refractivity contribution in [2.75, 3.05) is 11.9 Å². The fourth-order valence-corrected chi connectivity index (χ4v) is 2.10. The zero-order valence-electron chi connectivity index (χ0n) is 13.4. The molecule has 1 amide bonds. The van der Waals surface area contributed by atoms with Crippen LogP contribution in [0, 0.1) is 6.92 Å². The van der Waals surface area contributed by atoms with E-state index in [1.165, 1.54) is 0 Å². The summed E-state index contributed by atoms with van der Waals surface area (Å²) in [4.78, 5) is 12.3. The van der Waals surface area contributed by atoms with Crippen molar-refractivity contribution in [3.8, 4) is 0 Å². The van der Waals surface area contributed by atoms with E-state index in [2.05, 4.69) is 5.32 Å². The normalized spacial score (nSPS) is 11.4. The van der Waals surface area contributed by atoms with Crippen LogP contribution in [0.3, 0.4) is 0 Å². The Balaban J connectivity index is 0.00000264. The zero-order chi connectivity index (χ0) is 15.9. The summed E-state index contributed by atoms with van der Waals surface area (Å²) in [6.45, 7) is 5.14. The molecule has 2 rings (SSSR count). The predicted octanol–water partition coefficient (Wildman–Crippen LogP) is 3.59. The molecule has 5 heteroatoms. The van der Waals surface area contributed by atoms with Gasteiger partial charge in [-0.1, -0.05) is 42.0 Å². The molecule has 124 valence electrons. The Hall–Kier alpha value is -1.88. The van der Waals surface area contributed by atoms with Crippen molar-refractivity contribution in [1.82, 2.24) is 0 Å². The Morgan fingerprint density at radius 3 is 2.57 bits per heavy atom. The predicted molar refractivity (Wildman–Crippen MR) is 95.8 cm³/mol. The van der Waals surface area contributed by atoms with Crippen molar-refractivity contribution < 1.29 is 9.53 Å². The molecule has 3 N–H and O–H groups in total. The van der Waals surface area contributed by atoms with Gasteiger partial charge in [0.2, 0.25) is 5.91 Å². The summed E-state index contributed by atoms with van der Waals surface area (Å²) in [6, 6.07) is 14.6. The third-order valence-electron chi connectivity index (χ3n) is 3.39. The lowest BCUT2D eigenvalue weighted by Crippen LogP contribution is -2.27. The van der Waals surface area contributed by atoms with Gasteiger partial charge in [-0.15, -0.1) is 12.4 Å². The fourth-order valence-electron chi connectivity index (χ4n) is 2.10. The topological polar surface area (TPSA) is 64.3 Å². The quantitative estimate of drug-likeness (QED) is 0.848. The van der Waals surface area contributed by atoms with Gasteiger partial charge in [-0.2, -0.15) is 0 Å². The first kappa shape index (κ1) is 19.2. The van der Waals surface area contributed by atoms with Gasteiger partial charge in [0.05, 0.1) is 6.61 Å². The second kappa shape index (κ2) is 9.30. The maximum Gasteiger partial charge on any atom is 0.245 e. The summed E-state index contributed by atoms with van der Waals surface area (Å²) in [5.74, 6) is -0.225. The lowest BCUT2D eigenvalue weighted by Gasteiger charge is -2.13. The van der Waals surface area contributed by atoms with E-state index in [0.29, 0.717) is 13.2 Å². The van der Waals surface area contributed by atoms with Gasteiger partial charge < -0.3 is 15.8 Å². The van der Waals surface area contributed by atoms with Gasteiger partial charge in [0.25, 0.3) is 0 Å². The number of benzene rings is 2. The number of carbonyl (C=O) groups is 1. The van der Waals surface area contributed by atoms with Gasteiger partial charge in [0.1, 0.15) is 6.04 Å². The summed E-state index contributed by atoms with van der Waals surface area (Å²) in [5, 5.41) is 2.85. The summed E-state index contributed by atoms with van der Waals surface area (Å²) in [6.07, 6.45) is 0. The van der Waals surface area contributed by atoms with Crippen LogP contribution in [0.25, 0.3) is 0 Å². The summed E-state index contributed by atoms with van der Waals surface area (Å²) >= 11 is 0. The van der Waals surface area contributed by atoms with Crippen LogP contribution >= 0.6 is 12.4 Å². The van der Waals surface area contributed by atoms with E-state index in [1.54, 1.807) is 0 Å². The molecule has 0 saturated heterocycles. The molecular formula is C18H23ClN2O2. The van der Waals surface area contributed by atoms with Crippen molar-refractivity contribution >= 4 is 24.0 Å². The highest BCUT2D eigenvalue weighted by molar-refractivity contribution is 5.95. The minimum Gasteiger partial charge on any atom is -0.377 e. The van der Waals surface area contributed by atoms with Crippen LogP contribution in [-0.4, -0.2) is 12.5 Å². The van der Waals surface area contributed by atoms with Gasteiger partial charge in [-0.05, 0) is 37.1 Å². The second-order valence-corrected chi connectivity index (χ2v) is 5.22. The lowest BCUT2D eigenvalue weighted by molar-refractivity contribution is -0.117. The second-order valence-electron chi connectivity index (χ2n) is 5.22. The Kier molecular flexibility index (Phi) is 7.75. The number of amides is 1. The van der Waals surface area contributed by atoms with Gasteiger partial charge >= 0.3 is 0 Å². The van der Waals surface area contributed by atoms with E-state index in [4.69, 9.17) is 10.5 Å². The van der Waals surface area contributed by atoms with Crippen LogP contribution < -0.4 is 11.1 Å². The molecule has 2 aromatic carbocycles. The molecule has 0 radical (unpaired) electrons. The SMILES string of the molecule is CCOCc1cccc(NC(=O)C(N)c2ccc(C)cc2)c1.Cl. The molecule has 1 unspecified atom stereocenters. The first-order chi connectivity index (χ1) is 10.6. The number of nitrogens with one attached hydrogen (secondary N) is 1. The monoisotopic (exact) mass is 334 g/mol. The molecule has 1 atom stereocenters. The van der Waals surface area contributed by atoms with Crippen LogP contribution in [0.1, 0.15) is 29.7 Å². The highest BCUT2D eigenvalue weighted by Gasteiger charge is 2.15. The number of carbonyl (C=O) groups excluding carboxylic acids is 1. The maximum atomic E-state index is 12.3. The number of nitrogens with two attached hydrogens (primary N) is 1. The van der Waals surface area contributed by atoms with Crippen molar-refractivity contribution in [3.63, 3.8) is 0 Å². The highest BCUT2D eigenvalue weighted by atomic mass is 35.5. The zero-order valence-corrected chi connectivity index (χ0v) is 14.2. The van der Waals surface area contributed by atoms with E-state index in [9.17, 15) is 4.79 Å². The molecule has 0 spiro atoms. The largest absolute Gasteiger partial charge is 0.377 e. The van der Waals surface area contributed by atoms with E-state index < -0.39 is 6.04 Å². The molecule has 0 bridgehead atoms. The van der Waals surface area contributed by atoms with Gasteiger partial charge in [0.15, 0.2) is 0 Å². The van der Waals surface area contributed by atoms with E-state index in [-0.39, 0.29) is 18.3 Å². The molecule has 0 aromatic heterocycles. The van der Waals surface area contributed by atoms with E-state index in [1.807, 2.05) is 62.4 Å². The number of hydrogen-bond acceptors (Lipinski definition) is 3. The number of hydrogen-bond donors (Lipinski definition) is 2. The number of anilines is 1. The molecule has 23 heavy (non-hydrogen) atoms. The van der Waals surface area contributed by atoms with E-state index in [0.717, 1.165) is 22.4 Å². The van der Waals surface area contributed by atoms with Crippen LogP contribution in [0.2, 0.25) is 0 Å². The summed E-state index contributed by atoms with van der Waals surface area (Å²) < 4.78 is 5.37. The van der Waals surface area contributed by atoms with Crippen LogP contribution in [-0.2, 0) is 16.1 Å². The van der Waals surface area contributed by atoms with Crippen LogP contribution in [0.15, 0.2) is 48.5 Å². The Bertz CT molecular complexity index is 629. The molecule has 0 aliphatic heterocycles. The minimum atomic E-state index is -0.684. The minimum absolute atomic E-state index is 0. The summed E-state index contributed by atoms with van der Waals surface area (Å²) in [7, 11) is 0. The van der Waals surface area contributed by atoms with Crippen molar-refractivity contribution in [1.29, 1.82) is 0 Å². The average Bonchev–Trinajstić information content (AvgIpc) is 2.53. The Morgan fingerprint density at radius 2 is 1.91 bits per heavy atom. The molecule has 0 aliphatic carbocycles. The Morgan fingerprint density at radius 1 is 1.22 bits per heavy atom. The van der Waals surface area contributed by atoms with Gasteiger partial charge in [-0.3, -0.25) is 4.79 Å².